The van der Waals surface area contributed by atoms with E-state index in [0.717, 1.165) is 23.3 Å². The van der Waals surface area contributed by atoms with Gasteiger partial charge in [-0.15, -0.1) is 13.2 Å². The maximum Gasteiger partial charge on any atom is 0.573 e. The molecule has 2 amide bonds. The van der Waals surface area contributed by atoms with Crippen LogP contribution in [-0.2, 0) is 21.6 Å². The van der Waals surface area contributed by atoms with Crippen LogP contribution in [0.4, 0.5) is 18.9 Å². The Morgan fingerprint density at radius 1 is 1.07 bits per heavy atom. The molecule has 0 radical (unpaired) electrons. The molecule has 148 valence electrons. The van der Waals surface area contributed by atoms with Gasteiger partial charge in [0.25, 0.3) is 0 Å². The van der Waals surface area contributed by atoms with Crippen LogP contribution in [0.3, 0.4) is 0 Å². The molecule has 1 atom stereocenters. The zero-order valence-electron chi connectivity index (χ0n) is 14.5. The van der Waals surface area contributed by atoms with Gasteiger partial charge >= 0.3 is 18.2 Å². The van der Waals surface area contributed by atoms with E-state index in [2.05, 4.69) is 15.4 Å². The van der Waals surface area contributed by atoms with Gasteiger partial charge in [0.05, 0.1) is 6.54 Å². The van der Waals surface area contributed by atoms with Crippen LogP contribution in [0, 0.1) is 0 Å². The second-order valence-electron chi connectivity index (χ2n) is 6.40. The Morgan fingerprint density at radius 2 is 1.75 bits per heavy atom. The minimum atomic E-state index is -4.82. The van der Waals surface area contributed by atoms with Crippen LogP contribution in [0.1, 0.15) is 17.5 Å². The number of nitrogens with one attached hydrogen (secondary N) is 2. The number of carbonyl (C=O) groups excluding carboxylic acids is 2. The second-order valence-corrected chi connectivity index (χ2v) is 6.40. The van der Waals surface area contributed by atoms with Gasteiger partial charge in [-0.25, -0.2) is 0 Å². The van der Waals surface area contributed by atoms with Crippen LogP contribution in [-0.4, -0.2) is 29.8 Å². The molecule has 28 heavy (non-hydrogen) atoms. The first-order valence-corrected chi connectivity index (χ1v) is 8.42. The van der Waals surface area contributed by atoms with E-state index in [-0.39, 0.29) is 12.2 Å². The summed E-state index contributed by atoms with van der Waals surface area (Å²) in [5, 5.41) is 15.4. The number of fused-ring (bicyclic) bond motifs is 1. The lowest BCUT2D eigenvalue weighted by molar-refractivity contribution is -0.274. The summed E-state index contributed by atoms with van der Waals surface area (Å²) in [5.74, 6) is -2.41. The summed E-state index contributed by atoms with van der Waals surface area (Å²) in [6, 6.07) is 11.7. The maximum absolute atomic E-state index is 12.1. The number of alkyl halides is 3. The van der Waals surface area contributed by atoms with Crippen molar-refractivity contribution in [1.82, 2.24) is 5.32 Å². The van der Waals surface area contributed by atoms with Crippen molar-refractivity contribution in [2.24, 2.45) is 0 Å². The third-order valence-electron chi connectivity index (χ3n) is 4.42. The first-order chi connectivity index (χ1) is 13.2. The fourth-order valence-electron chi connectivity index (χ4n) is 3.09. The highest BCUT2D eigenvalue weighted by molar-refractivity contribution is 6.39. The lowest BCUT2D eigenvalue weighted by Gasteiger charge is -2.24. The van der Waals surface area contributed by atoms with E-state index in [4.69, 9.17) is 0 Å². The van der Waals surface area contributed by atoms with Crippen molar-refractivity contribution < 1.29 is 32.6 Å². The normalized spacial score (nSPS) is 18.3. The van der Waals surface area contributed by atoms with Gasteiger partial charge < -0.3 is 20.5 Å². The van der Waals surface area contributed by atoms with E-state index in [1.54, 1.807) is 12.1 Å². The molecular weight excluding hydrogens is 377 g/mol. The lowest BCUT2D eigenvalue weighted by Crippen LogP contribution is -2.43. The smallest absolute Gasteiger partial charge is 0.406 e. The standard InChI is InChI=1S/C19H17F3N2O4/c20-19(21,22)28-14-7-5-13(6-8-14)24-17(26)16(25)23-11-18(27)10-9-12-3-1-2-4-15(12)18/h1-8,27H,9-11H2,(H,23,25)(H,24,26)/t18-/m0/s1. The molecule has 2 aromatic rings. The highest BCUT2D eigenvalue weighted by Gasteiger charge is 2.37. The minimum Gasteiger partial charge on any atom is -0.406 e. The van der Waals surface area contributed by atoms with Crippen LogP contribution in [0.2, 0.25) is 0 Å². The van der Waals surface area contributed by atoms with Gasteiger partial charge in [0, 0.05) is 5.69 Å². The van der Waals surface area contributed by atoms with Crippen LogP contribution in [0.25, 0.3) is 0 Å². The Labute approximate surface area is 158 Å². The fourth-order valence-corrected chi connectivity index (χ4v) is 3.09. The maximum atomic E-state index is 12.1. The molecule has 0 aromatic heterocycles. The van der Waals surface area contributed by atoms with Gasteiger partial charge in [0.2, 0.25) is 0 Å². The minimum absolute atomic E-state index is 0.125. The number of rotatable bonds is 4. The summed E-state index contributed by atoms with van der Waals surface area (Å²) in [4.78, 5) is 24.0. The molecule has 0 saturated heterocycles. The third-order valence-corrected chi connectivity index (χ3v) is 4.42. The van der Waals surface area contributed by atoms with Gasteiger partial charge in [0.1, 0.15) is 11.4 Å². The SMILES string of the molecule is O=C(NC[C@@]1(O)CCc2ccccc21)C(=O)Nc1ccc(OC(F)(F)F)cc1. The zero-order valence-corrected chi connectivity index (χ0v) is 14.5. The number of benzene rings is 2. The van der Waals surface area contributed by atoms with E-state index >= 15 is 0 Å². The molecule has 3 rings (SSSR count). The van der Waals surface area contributed by atoms with E-state index in [9.17, 15) is 27.9 Å². The number of amides is 2. The molecule has 1 aliphatic rings. The van der Waals surface area contributed by atoms with E-state index in [1.165, 1.54) is 12.1 Å². The number of halogens is 3. The number of aliphatic hydroxyl groups is 1. The molecule has 0 fully saturated rings. The van der Waals surface area contributed by atoms with Crippen molar-refractivity contribution in [2.45, 2.75) is 24.8 Å². The number of aryl methyl sites for hydroxylation is 1. The average Bonchev–Trinajstić information content (AvgIpc) is 2.98. The molecule has 0 heterocycles. The summed E-state index contributed by atoms with van der Waals surface area (Å²) in [7, 11) is 0. The number of carbonyl (C=O) groups is 2. The van der Waals surface area contributed by atoms with E-state index in [0.29, 0.717) is 12.8 Å². The number of hydrogen-bond donors (Lipinski definition) is 3. The molecule has 0 unspecified atom stereocenters. The number of anilines is 1. The van der Waals surface area contributed by atoms with Gasteiger partial charge in [-0.3, -0.25) is 9.59 Å². The molecule has 1 aliphatic carbocycles. The highest BCUT2D eigenvalue weighted by atomic mass is 19.4. The first kappa shape index (κ1) is 19.7. The second kappa shape index (κ2) is 7.51. The monoisotopic (exact) mass is 394 g/mol. The van der Waals surface area contributed by atoms with E-state index < -0.39 is 29.5 Å². The van der Waals surface area contributed by atoms with Gasteiger partial charge in [-0.2, -0.15) is 0 Å². The summed E-state index contributed by atoms with van der Waals surface area (Å²) in [6.07, 6.45) is -3.72. The Bertz CT molecular complexity index is 883. The predicted octanol–water partition coefficient (Wildman–Crippen LogP) is 2.47. The molecule has 2 aromatic carbocycles. The largest absolute Gasteiger partial charge is 0.573 e. The molecule has 0 spiro atoms. The topological polar surface area (TPSA) is 87.7 Å². The summed E-state index contributed by atoms with van der Waals surface area (Å²) in [6.45, 7) is -0.130. The molecule has 6 nitrogen and oxygen atoms in total. The predicted molar refractivity (Wildman–Crippen MR) is 93.4 cm³/mol. The Kier molecular flexibility index (Phi) is 5.28. The summed E-state index contributed by atoms with van der Waals surface area (Å²) in [5.41, 5.74) is 0.587. The van der Waals surface area contributed by atoms with Crippen molar-refractivity contribution >= 4 is 17.5 Å². The van der Waals surface area contributed by atoms with Crippen molar-refractivity contribution in [3.8, 4) is 5.75 Å². The Hall–Kier alpha value is -3.07. The highest BCUT2D eigenvalue weighted by Crippen LogP contribution is 2.36. The zero-order chi connectivity index (χ0) is 20.4. The van der Waals surface area contributed by atoms with Crippen molar-refractivity contribution in [3.63, 3.8) is 0 Å². The number of ether oxygens (including phenoxy) is 1. The Morgan fingerprint density at radius 3 is 2.43 bits per heavy atom. The van der Waals surface area contributed by atoms with Crippen molar-refractivity contribution in [2.75, 3.05) is 11.9 Å². The molecule has 3 N–H and O–H groups in total. The fraction of sp³-hybridized carbons (Fsp3) is 0.263. The quantitative estimate of drug-likeness (QED) is 0.696. The van der Waals surface area contributed by atoms with Crippen molar-refractivity contribution in [3.05, 3.63) is 59.7 Å². The van der Waals surface area contributed by atoms with Crippen LogP contribution in [0.15, 0.2) is 48.5 Å². The van der Waals surface area contributed by atoms with E-state index in [1.807, 2.05) is 12.1 Å². The van der Waals surface area contributed by atoms with Crippen molar-refractivity contribution in [1.29, 1.82) is 0 Å². The molecule has 0 aliphatic heterocycles. The van der Waals surface area contributed by atoms with Gasteiger partial charge in [-0.05, 0) is 48.2 Å². The summed E-state index contributed by atoms with van der Waals surface area (Å²) >= 11 is 0. The molecule has 0 bridgehead atoms. The first-order valence-electron chi connectivity index (χ1n) is 8.42. The number of hydrogen-bond acceptors (Lipinski definition) is 4. The Balaban J connectivity index is 1.55. The molecule has 0 saturated carbocycles. The van der Waals surface area contributed by atoms with Crippen LogP contribution < -0.4 is 15.4 Å². The average molecular weight is 394 g/mol. The molecular formula is C19H17F3N2O4. The third kappa shape index (κ3) is 4.61. The van der Waals surface area contributed by atoms with Crippen LogP contribution >= 0.6 is 0 Å². The molecule has 9 heteroatoms. The van der Waals surface area contributed by atoms with Gasteiger partial charge in [-0.1, -0.05) is 24.3 Å². The lowest BCUT2D eigenvalue weighted by atomic mass is 9.96. The van der Waals surface area contributed by atoms with Gasteiger partial charge in [0.15, 0.2) is 0 Å². The summed E-state index contributed by atoms with van der Waals surface area (Å²) < 4.78 is 40.1. The van der Waals surface area contributed by atoms with Crippen LogP contribution in [0.5, 0.6) is 5.75 Å².